The van der Waals surface area contributed by atoms with E-state index in [1.54, 1.807) is 20.8 Å². The molecular weight excluding hydrogens is 238 g/mol. The van der Waals surface area contributed by atoms with Gasteiger partial charge in [0.1, 0.15) is 11.8 Å². The summed E-state index contributed by atoms with van der Waals surface area (Å²) in [5.74, 6) is 0. The van der Waals surface area contributed by atoms with Crippen molar-refractivity contribution in [1.82, 2.24) is 10.2 Å². The van der Waals surface area contributed by atoms with Crippen molar-refractivity contribution in [3.8, 4) is 0 Å². The molecule has 0 aromatic rings. The molecule has 0 aromatic carbocycles. The number of rotatable bonds is 1. The second kappa shape index (κ2) is 5.59. The molecule has 3 amide bonds. The molecule has 1 fully saturated rings. The van der Waals surface area contributed by atoms with Gasteiger partial charge in [0.25, 0.3) is 0 Å². The molecule has 8 nitrogen and oxygen atoms in total. The van der Waals surface area contributed by atoms with Gasteiger partial charge < -0.3 is 10.1 Å². The van der Waals surface area contributed by atoms with Crippen LogP contribution in [0.5, 0.6) is 0 Å². The Balaban J connectivity index is 2.62. The SMILES string of the molecule is CC(C)(C)OC(=O)N1CCCC1NC(=O)N=[N+]=[N-]. The van der Waals surface area contributed by atoms with E-state index in [-0.39, 0.29) is 0 Å². The zero-order chi connectivity index (χ0) is 13.8. The number of azide groups is 1. The Labute approximate surface area is 105 Å². The molecule has 0 aliphatic carbocycles. The van der Waals surface area contributed by atoms with E-state index in [1.807, 2.05) is 0 Å². The van der Waals surface area contributed by atoms with Crippen LogP contribution in [0.25, 0.3) is 10.4 Å². The van der Waals surface area contributed by atoms with Crippen LogP contribution in [0, 0.1) is 0 Å². The van der Waals surface area contributed by atoms with Gasteiger partial charge >= 0.3 is 12.1 Å². The number of nitrogens with one attached hydrogen (secondary N) is 1. The highest BCUT2D eigenvalue weighted by Crippen LogP contribution is 2.19. The molecule has 0 saturated carbocycles. The molecule has 1 aliphatic rings. The third kappa shape index (κ3) is 4.14. The Morgan fingerprint density at radius 2 is 2.17 bits per heavy atom. The number of nitrogens with zero attached hydrogens (tertiary/aromatic N) is 4. The van der Waals surface area contributed by atoms with Crippen LogP contribution in [0.3, 0.4) is 0 Å². The number of amides is 3. The number of ether oxygens (including phenoxy) is 1. The van der Waals surface area contributed by atoms with Crippen molar-refractivity contribution in [3.05, 3.63) is 10.4 Å². The van der Waals surface area contributed by atoms with Gasteiger partial charge in [0.15, 0.2) is 0 Å². The van der Waals surface area contributed by atoms with Crippen LogP contribution >= 0.6 is 0 Å². The van der Waals surface area contributed by atoms with Crippen molar-refractivity contribution < 1.29 is 14.3 Å². The Kier molecular flexibility index (Phi) is 4.38. The number of carbonyl (C=O) groups is 2. The number of hydrogen-bond donors (Lipinski definition) is 1. The van der Waals surface area contributed by atoms with Gasteiger partial charge in [0, 0.05) is 16.6 Å². The monoisotopic (exact) mass is 255 g/mol. The number of carbonyl (C=O) groups excluding carboxylic acids is 2. The summed E-state index contributed by atoms with van der Waals surface area (Å²) in [6.07, 6.45) is 0.427. The third-order valence-corrected chi connectivity index (χ3v) is 2.31. The fourth-order valence-corrected chi connectivity index (χ4v) is 1.67. The Morgan fingerprint density at radius 1 is 1.50 bits per heavy atom. The van der Waals surface area contributed by atoms with E-state index >= 15 is 0 Å². The first kappa shape index (κ1) is 14.1. The van der Waals surface area contributed by atoms with Gasteiger partial charge in [-0.3, -0.25) is 9.69 Å². The highest BCUT2D eigenvalue weighted by atomic mass is 16.6. The highest BCUT2D eigenvalue weighted by molar-refractivity contribution is 5.76. The van der Waals surface area contributed by atoms with Crippen molar-refractivity contribution in [2.75, 3.05) is 6.54 Å². The molecule has 100 valence electrons. The maximum absolute atomic E-state index is 11.9. The van der Waals surface area contributed by atoms with Crippen LogP contribution in [-0.4, -0.2) is 35.3 Å². The van der Waals surface area contributed by atoms with E-state index in [1.165, 1.54) is 4.90 Å². The van der Waals surface area contributed by atoms with Crippen molar-refractivity contribution >= 4 is 12.1 Å². The fraction of sp³-hybridized carbons (Fsp3) is 0.800. The normalized spacial score (nSPS) is 19.1. The molecule has 0 radical (unpaired) electrons. The van der Waals surface area contributed by atoms with E-state index in [9.17, 15) is 9.59 Å². The predicted molar refractivity (Wildman–Crippen MR) is 63.6 cm³/mol. The lowest BCUT2D eigenvalue weighted by molar-refractivity contribution is 0.0211. The summed E-state index contributed by atoms with van der Waals surface area (Å²) in [5, 5.41) is 5.37. The second-order valence-corrected chi connectivity index (χ2v) is 4.97. The van der Waals surface area contributed by atoms with Gasteiger partial charge in [0.05, 0.1) is 0 Å². The summed E-state index contributed by atoms with van der Waals surface area (Å²) in [4.78, 5) is 26.8. The van der Waals surface area contributed by atoms with Crippen LogP contribution < -0.4 is 5.32 Å². The Bertz CT molecular complexity index is 383. The average Bonchev–Trinajstić information content (AvgIpc) is 2.63. The summed E-state index contributed by atoms with van der Waals surface area (Å²) in [6.45, 7) is 5.83. The van der Waals surface area contributed by atoms with E-state index < -0.39 is 23.9 Å². The zero-order valence-electron chi connectivity index (χ0n) is 10.7. The lowest BCUT2D eigenvalue weighted by Gasteiger charge is -2.28. The minimum absolute atomic E-state index is 0.474. The quantitative estimate of drug-likeness (QED) is 0.441. The first-order valence-corrected chi connectivity index (χ1v) is 5.69. The number of urea groups is 1. The third-order valence-electron chi connectivity index (χ3n) is 2.31. The molecule has 1 N–H and O–H groups in total. The molecule has 1 heterocycles. The molecule has 1 saturated heterocycles. The van der Waals surface area contributed by atoms with Crippen molar-refractivity contribution in [2.45, 2.75) is 45.4 Å². The first-order valence-electron chi connectivity index (χ1n) is 5.69. The molecule has 1 rings (SSSR count). The van der Waals surface area contributed by atoms with Gasteiger partial charge in [-0.25, -0.2) is 4.79 Å². The van der Waals surface area contributed by atoms with Gasteiger partial charge in [-0.05, 0) is 39.1 Å². The molecule has 0 aromatic heterocycles. The summed E-state index contributed by atoms with van der Waals surface area (Å²) < 4.78 is 5.23. The minimum atomic E-state index is -0.794. The summed E-state index contributed by atoms with van der Waals surface area (Å²) in [5.41, 5.74) is 7.55. The molecule has 8 heteroatoms. The fourth-order valence-electron chi connectivity index (χ4n) is 1.67. The summed E-state index contributed by atoms with van der Waals surface area (Å²) >= 11 is 0. The van der Waals surface area contributed by atoms with Crippen LogP contribution in [0.1, 0.15) is 33.6 Å². The first-order chi connectivity index (χ1) is 8.33. The van der Waals surface area contributed by atoms with Crippen molar-refractivity contribution in [3.63, 3.8) is 0 Å². The molecule has 0 bridgehead atoms. The molecule has 1 unspecified atom stereocenters. The van der Waals surface area contributed by atoms with Gasteiger partial charge in [-0.1, -0.05) is 0 Å². The van der Waals surface area contributed by atoms with E-state index in [0.717, 1.165) is 6.42 Å². The number of likely N-dealkylation sites (tertiary alicyclic amines) is 1. The van der Waals surface area contributed by atoms with Crippen LogP contribution in [-0.2, 0) is 4.74 Å². The second-order valence-electron chi connectivity index (χ2n) is 4.97. The Hall–Kier alpha value is -1.95. The van der Waals surface area contributed by atoms with Gasteiger partial charge in [0.2, 0.25) is 0 Å². The minimum Gasteiger partial charge on any atom is -0.444 e. The summed E-state index contributed by atoms with van der Waals surface area (Å²) in [6, 6.07) is -0.794. The standard InChI is InChI=1S/C10H17N5O3/c1-10(2,3)18-9(17)15-6-4-5-7(15)12-8(16)13-14-11/h7H,4-6H2,1-3H3,(H,12,16). The largest absolute Gasteiger partial charge is 0.444 e. The molecule has 0 spiro atoms. The predicted octanol–water partition coefficient (Wildman–Crippen LogP) is 2.36. The smallest absolute Gasteiger partial charge is 0.411 e. The molecule has 1 atom stereocenters. The number of hydrogen-bond acceptors (Lipinski definition) is 3. The van der Waals surface area contributed by atoms with E-state index in [0.29, 0.717) is 13.0 Å². The topological polar surface area (TPSA) is 107 Å². The maximum atomic E-state index is 11.9. The maximum Gasteiger partial charge on any atom is 0.411 e. The van der Waals surface area contributed by atoms with Crippen LogP contribution in [0.15, 0.2) is 5.11 Å². The van der Waals surface area contributed by atoms with Crippen molar-refractivity contribution in [2.24, 2.45) is 5.11 Å². The Morgan fingerprint density at radius 3 is 2.72 bits per heavy atom. The molecule has 1 aliphatic heterocycles. The molecular formula is C10H17N5O3. The van der Waals surface area contributed by atoms with Crippen molar-refractivity contribution in [1.29, 1.82) is 0 Å². The average molecular weight is 255 g/mol. The highest BCUT2D eigenvalue weighted by Gasteiger charge is 2.32. The summed E-state index contributed by atoms with van der Waals surface area (Å²) in [7, 11) is 0. The molecule has 18 heavy (non-hydrogen) atoms. The zero-order valence-corrected chi connectivity index (χ0v) is 10.7. The van der Waals surface area contributed by atoms with Gasteiger partial charge in [-0.15, -0.1) is 0 Å². The van der Waals surface area contributed by atoms with Crippen LogP contribution in [0.2, 0.25) is 0 Å². The van der Waals surface area contributed by atoms with E-state index in [2.05, 4.69) is 15.3 Å². The lowest BCUT2D eigenvalue weighted by Crippen LogP contribution is -2.47. The van der Waals surface area contributed by atoms with Crippen LogP contribution in [0.4, 0.5) is 9.59 Å². The van der Waals surface area contributed by atoms with Gasteiger partial charge in [-0.2, -0.15) is 0 Å². The van der Waals surface area contributed by atoms with E-state index in [4.69, 9.17) is 10.3 Å². The lowest BCUT2D eigenvalue weighted by atomic mass is 10.2.